The highest BCUT2D eigenvalue weighted by atomic mass is 79.9. The lowest BCUT2D eigenvalue weighted by atomic mass is 10.0. The van der Waals surface area contributed by atoms with Crippen LogP contribution in [-0.2, 0) is 0 Å². The van der Waals surface area contributed by atoms with Gasteiger partial charge in [-0.05, 0) is 55.6 Å². The number of benzene rings is 1. The molecule has 2 heterocycles. The number of aliphatic hydroxyl groups is 1. The van der Waals surface area contributed by atoms with Gasteiger partial charge in [-0.2, -0.15) is 0 Å². The Morgan fingerprint density at radius 2 is 1.90 bits per heavy atom. The molecule has 1 aromatic carbocycles. The summed E-state index contributed by atoms with van der Waals surface area (Å²) in [6, 6.07) is 11.5. The van der Waals surface area contributed by atoms with Crippen LogP contribution in [0, 0.1) is 0 Å². The minimum absolute atomic E-state index is 0.587. The first-order valence-corrected chi connectivity index (χ1v) is 7.57. The van der Waals surface area contributed by atoms with Crippen LogP contribution in [0.5, 0.6) is 0 Å². The number of hydrogen-bond acceptors (Lipinski definition) is 3. The molecule has 0 saturated carbocycles. The molecule has 0 bridgehead atoms. The number of aliphatic hydroxyl groups excluding tert-OH is 1. The molecule has 0 spiro atoms. The molecule has 0 aliphatic carbocycles. The standard InChI is InChI=1S/C15H10Br2N2O/c16-11-7-12(17)14(19-8-11)15(20)10-4-3-9-2-1-5-18-13(9)6-10/h1-8,15,20H. The molecule has 0 saturated heterocycles. The maximum Gasteiger partial charge on any atom is 0.122 e. The first-order chi connectivity index (χ1) is 9.65. The molecule has 100 valence electrons. The summed E-state index contributed by atoms with van der Waals surface area (Å²) in [4.78, 5) is 8.57. The molecule has 1 atom stereocenters. The molecule has 3 rings (SSSR count). The number of hydrogen-bond donors (Lipinski definition) is 1. The number of aromatic nitrogens is 2. The molecule has 0 aliphatic heterocycles. The van der Waals surface area contributed by atoms with Crippen molar-refractivity contribution in [2.45, 2.75) is 6.10 Å². The topological polar surface area (TPSA) is 46.0 Å². The largest absolute Gasteiger partial charge is 0.382 e. The number of pyridine rings is 2. The van der Waals surface area contributed by atoms with E-state index in [1.807, 2.05) is 36.4 Å². The second-order valence-corrected chi connectivity index (χ2v) is 6.15. The van der Waals surface area contributed by atoms with Crippen LogP contribution in [0.2, 0.25) is 0 Å². The smallest absolute Gasteiger partial charge is 0.122 e. The van der Waals surface area contributed by atoms with Gasteiger partial charge in [-0.25, -0.2) is 0 Å². The molecule has 1 N–H and O–H groups in total. The van der Waals surface area contributed by atoms with Crippen LogP contribution in [-0.4, -0.2) is 15.1 Å². The van der Waals surface area contributed by atoms with Crippen molar-refractivity contribution in [2.24, 2.45) is 0 Å². The molecule has 0 radical (unpaired) electrons. The van der Waals surface area contributed by atoms with Gasteiger partial charge in [0.15, 0.2) is 0 Å². The zero-order chi connectivity index (χ0) is 14.1. The van der Waals surface area contributed by atoms with Crippen LogP contribution in [0.1, 0.15) is 17.4 Å². The van der Waals surface area contributed by atoms with E-state index in [4.69, 9.17) is 0 Å². The molecule has 0 aliphatic rings. The summed E-state index contributed by atoms with van der Waals surface area (Å²) >= 11 is 6.78. The van der Waals surface area contributed by atoms with Gasteiger partial charge in [0.2, 0.25) is 0 Å². The second-order valence-electron chi connectivity index (χ2n) is 4.38. The second kappa shape index (κ2) is 5.60. The summed E-state index contributed by atoms with van der Waals surface area (Å²) in [6.45, 7) is 0. The van der Waals surface area contributed by atoms with E-state index in [1.54, 1.807) is 12.4 Å². The van der Waals surface area contributed by atoms with Gasteiger partial charge in [0.1, 0.15) is 6.10 Å². The average Bonchev–Trinajstić information content (AvgIpc) is 2.46. The number of halogens is 2. The third kappa shape index (κ3) is 2.61. The highest BCUT2D eigenvalue weighted by molar-refractivity contribution is 9.11. The first-order valence-electron chi connectivity index (χ1n) is 5.99. The fourth-order valence-electron chi connectivity index (χ4n) is 2.04. The van der Waals surface area contributed by atoms with Gasteiger partial charge in [-0.3, -0.25) is 9.97 Å². The van der Waals surface area contributed by atoms with E-state index in [1.165, 1.54) is 0 Å². The van der Waals surface area contributed by atoms with Crippen molar-refractivity contribution in [2.75, 3.05) is 0 Å². The Morgan fingerprint density at radius 3 is 2.70 bits per heavy atom. The van der Waals surface area contributed by atoms with Crippen molar-refractivity contribution in [1.29, 1.82) is 0 Å². The van der Waals surface area contributed by atoms with Crippen molar-refractivity contribution < 1.29 is 5.11 Å². The lowest BCUT2D eigenvalue weighted by Gasteiger charge is -2.13. The van der Waals surface area contributed by atoms with Gasteiger partial charge in [0, 0.05) is 26.7 Å². The Hall–Kier alpha value is -1.30. The Morgan fingerprint density at radius 1 is 1.05 bits per heavy atom. The molecule has 3 nitrogen and oxygen atoms in total. The van der Waals surface area contributed by atoms with Crippen LogP contribution in [0.4, 0.5) is 0 Å². The SMILES string of the molecule is OC(c1ccc2cccnc2c1)c1ncc(Br)cc1Br. The summed E-state index contributed by atoms with van der Waals surface area (Å²) in [5, 5.41) is 11.5. The average molecular weight is 394 g/mol. The summed E-state index contributed by atoms with van der Waals surface area (Å²) < 4.78 is 1.63. The molecule has 2 aromatic heterocycles. The lowest BCUT2D eigenvalue weighted by Crippen LogP contribution is -2.03. The summed E-state index contributed by atoms with van der Waals surface area (Å²) in [6.07, 6.45) is 2.62. The van der Waals surface area contributed by atoms with E-state index >= 15 is 0 Å². The molecular formula is C15H10Br2N2O. The minimum Gasteiger partial charge on any atom is -0.382 e. The van der Waals surface area contributed by atoms with E-state index in [0.29, 0.717) is 5.69 Å². The van der Waals surface area contributed by atoms with E-state index in [-0.39, 0.29) is 0 Å². The van der Waals surface area contributed by atoms with Gasteiger partial charge in [-0.1, -0.05) is 18.2 Å². The van der Waals surface area contributed by atoms with Gasteiger partial charge in [-0.15, -0.1) is 0 Å². The zero-order valence-corrected chi connectivity index (χ0v) is 13.5. The molecule has 0 fully saturated rings. The summed E-state index contributed by atoms with van der Waals surface area (Å²) in [7, 11) is 0. The summed E-state index contributed by atoms with van der Waals surface area (Å²) in [5.41, 5.74) is 2.22. The highest BCUT2D eigenvalue weighted by Crippen LogP contribution is 2.29. The molecule has 0 amide bonds. The fraction of sp³-hybridized carbons (Fsp3) is 0.0667. The minimum atomic E-state index is -0.788. The number of nitrogens with zero attached hydrogens (tertiary/aromatic N) is 2. The summed E-state index contributed by atoms with van der Waals surface area (Å²) in [5.74, 6) is 0. The van der Waals surface area contributed by atoms with E-state index in [9.17, 15) is 5.11 Å². The molecule has 3 aromatic rings. The van der Waals surface area contributed by atoms with Crippen LogP contribution in [0.25, 0.3) is 10.9 Å². The van der Waals surface area contributed by atoms with Gasteiger partial charge in [0.25, 0.3) is 0 Å². The van der Waals surface area contributed by atoms with Crippen LogP contribution in [0.15, 0.2) is 57.7 Å². The highest BCUT2D eigenvalue weighted by Gasteiger charge is 2.16. The lowest BCUT2D eigenvalue weighted by molar-refractivity contribution is 0.214. The molecular weight excluding hydrogens is 384 g/mol. The Kier molecular flexibility index (Phi) is 3.83. The zero-order valence-electron chi connectivity index (χ0n) is 10.3. The number of rotatable bonds is 2. The number of fused-ring (bicyclic) bond motifs is 1. The van der Waals surface area contributed by atoms with E-state index in [2.05, 4.69) is 41.8 Å². The van der Waals surface area contributed by atoms with Crippen LogP contribution in [0.3, 0.4) is 0 Å². The Bertz CT molecular complexity index is 777. The fourth-order valence-corrected chi connectivity index (χ4v) is 3.24. The third-order valence-electron chi connectivity index (χ3n) is 3.04. The molecule has 1 unspecified atom stereocenters. The van der Waals surface area contributed by atoms with Crippen molar-refractivity contribution in [3.8, 4) is 0 Å². The maximum atomic E-state index is 10.5. The monoisotopic (exact) mass is 392 g/mol. The predicted molar refractivity (Wildman–Crippen MR) is 85.4 cm³/mol. The quantitative estimate of drug-likeness (QED) is 0.708. The van der Waals surface area contributed by atoms with Crippen molar-refractivity contribution in [3.63, 3.8) is 0 Å². The Labute approximate surface area is 133 Å². The van der Waals surface area contributed by atoms with Crippen molar-refractivity contribution in [3.05, 3.63) is 69.0 Å². The molecule has 20 heavy (non-hydrogen) atoms. The van der Waals surface area contributed by atoms with Crippen LogP contribution >= 0.6 is 31.9 Å². The molecule has 5 heteroatoms. The normalized spacial score (nSPS) is 12.6. The van der Waals surface area contributed by atoms with E-state index < -0.39 is 6.10 Å². The third-order valence-corrected chi connectivity index (χ3v) is 4.11. The maximum absolute atomic E-state index is 10.5. The van der Waals surface area contributed by atoms with Crippen molar-refractivity contribution in [1.82, 2.24) is 9.97 Å². The Balaban J connectivity index is 2.05. The van der Waals surface area contributed by atoms with E-state index in [0.717, 1.165) is 25.4 Å². The van der Waals surface area contributed by atoms with Gasteiger partial charge >= 0.3 is 0 Å². The first kappa shape index (κ1) is 13.7. The van der Waals surface area contributed by atoms with Gasteiger partial charge < -0.3 is 5.11 Å². The van der Waals surface area contributed by atoms with Crippen molar-refractivity contribution >= 4 is 42.8 Å². The van der Waals surface area contributed by atoms with Gasteiger partial charge in [0.05, 0.1) is 11.2 Å². The predicted octanol–water partition coefficient (Wildman–Crippen LogP) is 4.24. The van der Waals surface area contributed by atoms with Crippen LogP contribution < -0.4 is 0 Å².